The first kappa shape index (κ1) is 19.7. The highest BCUT2D eigenvalue weighted by Gasteiger charge is 2.18. The third-order valence-corrected chi connectivity index (χ3v) is 5.50. The second-order valence-corrected chi connectivity index (χ2v) is 8.13. The minimum absolute atomic E-state index is 0.117. The number of benzene rings is 2. The van der Waals surface area contributed by atoms with Crippen LogP contribution in [-0.4, -0.2) is 25.0 Å². The molecule has 0 radical (unpaired) electrons. The molecular weight excluding hydrogens is 452 g/mol. The number of hydrogen-bond donors (Lipinski definition) is 1. The van der Waals surface area contributed by atoms with Gasteiger partial charge in [-0.2, -0.15) is 0 Å². The fourth-order valence-electron chi connectivity index (χ4n) is 2.52. The van der Waals surface area contributed by atoms with E-state index in [1.54, 1.807) is 37.6 Å². The molecule has 0 atom stereocenters. The molecule has 0 saturated carbocycles. The summed E-state index contributed by atoms with van der Waals surface area (Å²) in [6, 6.07) is 10.7. The Hall–Kier alpha value is -2.09. The quantitative estimate of drug-likeness (QED) is 0.470. The molecule has 0 unspecified atom stereocenters. The van der Waals surface area contributed by atoms with Crippen LogP contribution in [0.5, 0.6) is 11.5 Å². The van der Waals surface area contributed by atoms with Crippen LogP contribution in [0.15, 0.2) is 47.1 Å². The molecule has 0 saturated heterocycles. The lowest BCUT2D eigenvalue weighted by Crippen LogP contribution is -2.09. The number of methoxy groups -OCH3 is 2. The van der Waals surface area contributed by atoms with Gasteiger partial charge in [-0.05, 0) is 30.3 Å². The van der Waals surface area contributed by atoms with Gasteiger partial charge in [0.1, 0.15) is 0 Å². The van der Waals surface area contributed by atoms with Gasteiger partial charge in [0.05, 0.1) is 20.8 Å². The van der Waals surface area contributed by atoms with Crippen LogP contribution in [0, 0.1) is 0 Å². The molecule has 3 aromatic rings. The molecule has 0 bridgehead atoms. The summed E-state index contributed by atoms with van der Waals surface area (Å²) in [5.41, 5.74) is 1.71. The molecule has 5 nitrogen and oxygen atoms in total. The summed E-state index contributed by atoms with van der Waals surface area (Å²) in [5, 5.41) is 3.28. The third-order valence-electron chi connectivity index (χ3n) is 3.85. The number of halogens is 2. The molecular formula is C19H16BrClN2O3S. The number of nitrogens with zero attached hydrogens (tertiary/aromatic N) is 1. The molecule has 140 valence electrons. The fourth-order valence-corrected chi connectivity index (χ4v) is 3.70. The molecule has 2 aromatic carbocycles. The van der Waals surface area contributed by atoms with Gasteiger partial charge in [0.15, 0.2) is 21.7 Å². The lowest BCUT2D eigenvalue weighted by Gasteiger charge is -2.15. The van der Waals surface area contributed by atoms with Crippen molar-refractivity contribution < 1.29 is 14.3 Å². The van der Waals surface area contributed by atoms with Crippen molar-refractivity contribution in [1.29, 1.82) is 0 Å². The van der Waals surface area contributed by atoms with Crippen molar-refractivity contribution in [3.05, 3.63) is 67.5 Å². The van der Waals surface area contributed by atoms with Crippen LogP contribution >= 0.6 is 38.9 Å². The second kappa shape index (κ2) is 8.73. The van der Waals surface area contributed by atoms with Crippen molar-refractivity contribution in [2.24, 2.45) is 0 Å². The zero-order valence-corrected chi connectivity index (χ0v) is 17.7. The first-order valence-corrected chi connectivity index (χ1v) is 9.91. The Morgan fingerprint density at radius 3 is 2.44 bits per heavy atom. The van der Waals surface area contributed by atoms with Crippen LogP contribution < -0.4 is 14.8 Å². The van der Waals surface area contributed by atoms with E-state index in [0.717, 1.165) is 9.35 Å². The SMILES string of the molecule is COc1cc(NCc2cnc(Cl)s2)c(C(=O)c2ccc(Br)cc2)cc1OC. The lowest BCUT2D eigenvalue weighted by atomic mass is 10.0. The monoisotopic (exact) mass is 466 g/mol. The number of ether oxygens (including phenoxy) is 2. The average molecular weight is 468 g/mol. The number of nitrogens with one attached hydrogen (secondary N) is 1. The third kappa shape index (κ3) is 4.61. The molecule has 0 amide bonds. The first-order chi connectivity index (χ1) is 13.0. The molecule has 0 aliphatic carbocycles. The normalized spacial score (nSPS) is 10.5. The Bertz CT molecular complexity index is 960. The van der Waals surface area contributed by atoms with E-state index in [0.29, 0.717) is 39.3 Å². The standard InChI is InChI=1S/C19H16BrClN2O3S/c1-25-16-7-14(18(24)11-3-5-12(20)6-4-11)15(8-17(16)26-2)22-9-13-10-23-19(21)27-13/h3-8,10,22H,9H2,1-2H3. The topological polar surface area (TPSA) is 60.5 Å². The van der Waals surface area contributed by atoms with E-state index in [-0.39, 0.29) is 5.78 Å². The maximum atomic E-state index is 13.1. The summed E-state index contributed by atoms with van der Waals surface area (Å²) in [4.78, 5) is 18.1. The minimum atomic E-state index is -0.117. The summed E-state index contributed by atoms with van der Waals surface area (Å²) in [6.07, 6.45) is 1.71. The summed E-state index contributed by atoms with van der Waals surface area (Å²) >= 11 is 10.7. The van der Waals surface area contributed by atoms with E-state index >= 15 is 0 Å². The van der Waals surface area contributed by atoms with Crippen molar-refractivity contribution in [1.82, 2.24) is 4.98 Å². The number of carbonyl (C=O) groups is 1. The van der Waals surface area contributed by atoms with Crippen molar-refractivity contribution in [3.63, 3.8) is 0 Å². The predicted molar refractivity (Wildman–Crippen MR) is 112 cm³/mol. The molecule has 0 aliphatic heterocycles. The predicted octanol–water partition coefficient (Wildman–Crippen LogP) is 5.42. The summed E-state index contributed by atoms with van der Waals surface area (Å²) in [5.74, 6) is 0.910. The van der Waals surface area contributed by atoms with Crippen molar-refractivity contribution in [2.45, 2.75) is 6.54 Å². The zero-order chi connectivity index (χ0) is 19.4. The number of carbonyl (C=O) groups excluding carboxylic acids is 1. The van der Waals surface area contributed by atoms with E-state index in [2.05, 4.69) is 26.2 Å². The minimum Gasteiger partial charge on any atom is -0.493 e. The van der Waals surface area contributed by atoms with Gasteiger partial charge in [0, 0.05) is 38.4 Å². The van der Waals surface area contributed by atoms with Crippen LogP contribution in [0.2, 0.25) is 4.47 Å². The number of aromatic nitrogens is 1. The van der Waals surface area contributed by atoms with Gasteiger partial charge >= 0.3 is 0 Å². The number of thiazole rings is 1. The van der Waals surface area contributed by atoms with E-state index in [1.165, 1.54) is 18.4 Å². The van der Waals surface area contributed by atoms with Gasteiger partial charge in [-0.1, -0.05) is 27.5 Å². The molecule has 8 heteroatoms. The maximum Gasteiger partial charge on any atom is 0.195 e. The summed E-state index contributed by atoms with van der Waals surface area (Å²) < 4.78 is 12.1. The molecule has 1 N–H and O–H groups in total. The van der Waals surface area contributed by atoms with Gasteiger partial charge in [-0.3, -0.25) is 4.79 Å². The molecule has 0 spiro atoms. The number of ketones is 1. The second-order valence-electron chi connectivity index (χ2n) is 5.52. The molecule has 1 aromatic heterocycles. The molecule has 0 aliphatic rings. The van der Waals surface area contributed by atoms with Crippen LogP contribution in [0.1, 0.15) is 20.8 Å². The smallest absolute Gasteiger partial charge is 0.195 e. The molecule has 3 rings (SSSR count). The van der Waals surface area contributed by atoms with Crippen LogP contribution in [0.25, 0.3) is 0 Å². The van der Waals surface area contributed by atoms with E-state index in [9.17, 15) is 4.79 Å². The van der Waals surface area contributed by atoms with Gasteiger partial charge in [0.25, 0.3) is 0 Å². The fraction of sp³-hybridized carbons (Fsp3) is 0.158. The molecule has 27 heavy (non-hydrogen) atoms. The first-order valence-electron chi connectivity index (χ1n) is 7.92. The van der Waals surface area contributed by atoms with Crippen molar-refractivity contribution >= 4 is 50.3 Å². The summed E-state index contributed by atoms with van der Waals surface area (Å²) in [7, 11) is 3.10. The maximum absolute atomic E-state index is 13.1. The van der Waals surface area contributed by atoms with Crippen molar-refractivity contribution in [2.75, 3.05) is 19.5 Å². The highest BCUT2D eigenvalue weighted by molar-refractivity contribution is 9.10. The van der Waals surface area contributed by atoms with Gasteiger partial charge in [0.2, 0.25) is 0 Å². The summed E-state index contributed by atoms with van der Waals surface area (Å²) in [6.45, 7) is 0.487. The molecule has 0 fully saturated rings. The number of hydrogen-bond acceptors (Lipinski definition) is 6. The zero-order valence-electron chi connectivity index (χ0n) is 14.6. The van der Waals surface area contributed by atoms with Crippen LogP contribution in [-0.2, 0) is 6.54 Å². The number of anilines is 1. The van der Waals surface area contributed by atoms with Gasteiger partial charge < -0.3 is 14.8 Å². The average Bonchev–Trinajstić information content (AvgIpc) is 3.10. The van der Waals surface area contributed by atoms with Crippen molar-refractivity contribution in [3.8, 4) is 11.5 Å². The lowest BCUT2D eigenvalue weighted by molar-refractivity contribution is 0.103. The van der Waals surface area contributed by atoms with E-state index in [4.69, 9.17) is 21.1 Å². The van der Waals surface area contributed by atoms with Crippen LogP contribution in [0.3, 0.4) is 0 Å². The van der Waals surface area contributed by atoms with Gasteiger partial charge in [-0.25, -0.2) is 4.98 Å². The van der Waals surface area contributed by atoms with E-state index in [1.807, 2.05) is 12.1 Å². The highest BCUT2D eigenvalue weighted by Crippen LogP contribution is 2.35. The number of rotatable bonds is 7. The Morgan fingerprint density at radius 1 is 1.19 bits per heavy atom. The van der Waals surface area contributed by atoms with Crippen LogP contribution in [0.4, 0.5) is 5.69 Å². The molecule has 1 heterocycles. The van der Waals surface area contributed by atoms with Gasteiger partial charge in [-0.15, -0.1) is 11.3 Å². The Balaban J connectivity index is 1.98. The largest absolute Gasteiger partial charge is 0.493 e. The van der Waals surface area contributed by atoms with E-state index < -0.39 is 0 Å². The Morgan fingerprint density at radius 2 is 1.85 bits per heavy atom. The Kier molecular flexibility index (Phi) is 6.36. The Labute approximate surface area is 174 Å². The highest BCUT2D eigenvalue weighted by atomic mass is 79.9.